The Bertz CT molecular complexity index is 1140. The van der Waals surface area contributed by atoms with Crippen LogP contribution in [0, 0.1) is 0 Å². The largest absolute Gasteiger partial charge is 0.494 e. The first-order valence-electron chi connectivity index (χ1n) is 10.4. The van der Waals surface area contributed by atoms with Crippen molar-refractivity contribution in [3.8, 4) is 5.75 Å². The number of carbonyl (C=O) groups is 1. The van der Waals surface area contributed by atoms with E-state index in [2.05, 4.69) is 10.2 Å². The van der Waals surface area contributed by atoms with Gasteiger partial charge in [0.25, 0.3) is 0 Å². The van der Waals surface area contributed by atoms with E-state index in [4.69, 9.17) is 26.2 Å². The molecule has 2 aliphatic heterocycles. The number of aliphatic imine (C=N–C) groups is 1. The molecule has 4 rings (SSSR count). The van der Waals surface area contributed by atoms with Crippen molar-refractivity contribution in [2.75, 3.05) is 20.2 Å². The van der Waals surface area contributed by atoms with Crippen molar-refractivity contribution >= 4 is 29.3 Å². The number of hydrogen-bond acceptors (Lipinski definition) is 7. The van der Waals surface area contributed by atoms with Crippen molar-refractivity contribution in [1.82, 2.24) is 19.5 Å². The third-order valence-corrected chi connectivity index (χ3v) is 5.53. The zero-order chi connectivity index (χ0) is 23.0. The predicted molar refractivity (Wildman–Crippen MR) is 121 cm³/mol. The number of aromatic amines is 1. The Morgan fingerprint density at radius 1 is 1.22 bits per heavy atom. The van der Waals surface area contributed by atoms with Crippen LogP contribution in [-0.4, -0.2) is 57.1 Å². The van der Waals surface area contributed by atoms with E-state index in [1.807, 2.05) is 32.9 Å². The number of rotatable bonds is 2. The van der Waals surface area contributed by atoms with E-state index >= 15 is 0 Å². The maximum atomic E-state index is 12.5. The van der Waals surface area contributed by atoms with Crippen LogP contribution in [0.4, 0.5) is 10.5 Å². The number of hydrogen-bond donors (Lipinski definition) is 1. The first-order valence-corrected chi connectivity index (χ1v) is 10.7. The lowest BCUT2D eigenvalue weighted by atomic mass is 9.98. The van der Waals surface area contributed by atoms with E-state index in [9.17, 15) is 9.59 Å². The average Bonchev–Trinajstić information content (AvgIpc) is 2.71. The number of nitrogens with zero attached hydrogens (tertiary/aromatic N) is 4. The molecule has 1 aromatic carbocycles. The van der Waals surface area contributed by atoms with Crippen LogP contribution in [0.1, 0.15) is 43.2 Å². The highest BCUT2D eigenvalue weighted by Crippen LogP contribution is 2.35. The standard InChI is InChI=1S/C22H26ClN5O4/c1-22(2,3)32-21(30)27-6-5-13-7-15(19(31-4)8-14(13)10-27)25-16-11-28(23)12-17-20(16)18(29)9-24-26-17/h7-9H,5-6,10-12H2,1-4H3,(H,26,29). The van der Waals surface area contributed by atoms with Gasteiger partial charge in [-0.25, -0.2) is 14.2 Å². The Balaban J connectivity index is 1.68. The molecular formula is C22H26ClN5O4. The zero-order valence-corrected chi connectivity index (χ0v) is 19.3. The summed E-state index contributed by atoms with van der Waals surface area (Å²) >= 11 is 6.26. The maximum Gasteiger partial charge on any atom is 0.410 e. The Morgan fingerprint density at radius 3 is 2.72 bits per heavy atom. The van der Waals surface area contributed by atoms with Crippen LogP contribution in [0.25, 0.3) is 0 Å². The van der Waals surface area contributed by atoms with Crippen molar-refractivity contribution in [1.29, 1.82) is 0 Å². The van der Waals surface area contributed by atoms with Crippen LogP contribution in [0.3, 0.4) is 0 Å². The molecule has 2 aromatic rings. The minimum Gasteiger partial charge on any atom is -0.494 e. The number of ether oxygens (including phenoxy) is 2. The van der Waals surface area contributed by atoms with Gasteiger partial charge in [-0.05, 0) is 62.2 Å². The smallest absolute Gasteiger partial charge is 0.410 e. The summed E-state index contributed by atoms with van der Waals surface area (Å²) in [4.78, 5) is 31.4. The summed E-state index contributed by atoms with van der Waals surface area (Å²) in [5.41, 5.74) is 3.59. The normalized spacial score (nSPS) is 17.7. The number of carbonyl (C=O) groups excluding carboxylic acids is 1. The molecule has 32 heavy (non-hydrogen) atoms. The van der Waals surface area contributed by atoms with E-state index in [1.54, 1.807) is 16.4 Å². The Hall–Kier alpha value is -2.91. The third kappa shape index (κ3) is 4.63. The van der Waals surface area contributed by atoms with E-state index < -0.39 is 5.60 Å². The van der Waals surface area contributed by atoms with Crippen molar-refractivity contribution < 1.29 is 14.3 Å². The maximum absolute atomic E-state index is 12.5. The molecule has 1 aromatic heterocycles. The lowest BCUT2D eigenvalue weighted by Gasteiger charge is -2.31. The number of halogens is 1. The highest BCUT2D eigenvalue weighted by Gasteiger charge is 2.28. The van der Waals surface area contributed by atoms with E-state index in [0.717, 1.165) is 11.1 Å². The van der Waals surface area contributed by atoms with Gasteiger partial charge >= 0.3 is 6.09 Å². The molecule has 0 saturated carbocycles. The molecule has 0 saturated heterocycles. The fraction of sp³-hybridized carbons (Fsp3) is 0.455. The summed E-state index contributed by atoms with van der Waals surface area (Å²) in [6.45, 7) is 7.22. The molecular weight excluding hydrogens is 434 g/mol. The number of aromatic nitrogens is 2. The lowest BCUT2D eigenvalue weighted by molar-refractivity contribution is 0.0224. The summed E-state index contributed by atoms with van der Waals surface area (Å²) in [5.74, 6) is 0.556. The van der Waals surface area contributed by atoms with Gasteiger partial charge in [-0.3, -0.25) is 9.89 Å². The van der Waals surface area contributed by atoms with Crippen LogP contribution in [0.5, 0.6) is 5.75 Å². The van der Waals surface area contributed by atoms with Crippen LogP contribution < -0.4 is 10.2 Å². The number of nitrogens with one attached hydrogen (secondary N) is 1. The van der Waals surface area contributed by atoms with E-state index in [-0.39, 0.29) is 11.5 Å². The lowest BCUT2D eigenvalue weighted by Crippen LogP contribution is -2.39. The van der Waals surface area contributed by atoms with Gasteiger partial charge in [-0.1, -0.05) is 0 Å². The number of H-pyrrole nitrogens is 1. The van der Waals surface area contributed by atoms with Crippen LogP contribution in [0.15, 0.2) is 28.1 Å². The van der Waals surface area contributed by atoms with Crippen LogP contribution in [-0.2, 0) is 24.2 Å². The summed E-state index contributed by atoms with van der Waals surface area (Å²) in [6.07, 6.45) is 1.58. The number of fused-ring (bicyclic) bond motifs is 2. The van der Waals surface area contributed by atoms with Crippen molar-refractivity contribution in [3.05, 3.63) is 50.9 Å². The fourth-order valence-electron chi connectivity index (χ4n) is 3.88. The molecule has 1 amide bonds. The van der Waals surface area contributed by atoms with Crippen LogP contribution in [0.2, 0.25) is 0 Å². The van der Waals surface area contributed by atoms with Gasteiger partial charge in [-0.15, -0.1) is 0 Å². The Morgan fingerprint density at radius 2 is 2.00 bits per heavy atom. The SMILES string of the molecule is COc1cc2c(cc1N=C1CN(Cl)Cc3[nH]ncc(=O)c31)CCN(C(=O)OC(C)(C)C)C2. The monoisotopic (exact) mass is 459 g/mol. The average molecular weight is 460 g/mol. The topological polar surface area (TPSA) is 100 Å². The fourth-order valence-corrected chi connectivity index (χ4v) is 4.11. The molecule has 9 nitrogen and oxygen atoms in total. The Labute approximate surface area is 191 Å². The first-order chi connectivity index (χ1) is 15.1. The highest BCUT2D eigenvalue weighted by molar-refractivity contribution is 6.17. The van der Waals surface area contributed by atoms with Crippen molar-refractivity contribution in [2.45, 2.75) is 45.9 Å². The number of amides is 1. The molecule has 0 spiro atoms. The second kappa shape index (κ2) is 8.55. The second-order valence-electron chi connectivity index (χ2n) is 8.87. The van der Waals surface area contributed by atoms with Gasteiger partial charge in [0.05, 0.1) is 43.4 Å². The van der Waals surface area contributed by atoms with Crippen molar-refractivity contribution in [3.63, 3.8) is 0 Å². The predicted octanol–water partition coefficient (Wildman–Crippen LogP) is 3.16. The molecule has 0 fully saturated rings. The molecule has 3 heterocycles. The number of benzene rings is 1. The summed E-state index contributed by atoms with van der Waals surface area (Å²) in [6, 6.07) is 3.85. The van der Waals surface area contributed by atoms with Gasteiger partial charge in [-0.2, -0.15) is 5.10 Å². The summed E-state index contributed by atoms with van der Waals surface area (Å²) < 4.78 is 12.6. The molecule has 2 aliphatic rings. The number of methoxy groups -OCH3 is 1. The van der Waals surface area contributed by atoms with Gasteiger partial charge < -0.3 is 14.4 Å². The molecule has 0 unspecified atom stereocenters. The van der Waals surface area contributed by atoms with Gasteiger partial charge in [0, 0.05) is 13.1 Å². The van der Waals surface area contributed by atoms with E-state index in [0.29, 0.717) is 61.0 Å². The Kier molecular flexibility index (Phi) is 5.96. The molecule has 0 bridgehead atoms. The van der Waals surface area contributed by atoms with E-state index in [1.165, 1.54) is 6.20 Å². The molecule has 0 atom stereocenters. The molecule has 1 N–H and O–H groups in total. The molecule has 0 aliphatic carbocycles. The minimum atomic E-state index is -0.547. The minimum absolute atomic E-state index is 0.202. The molecule has 0 radical (unpaired) electrons. The zero-order valence-electron chi connectivity index (χ0n) is 18.6. The van der Waals surface area contributed by atoms with Gasteiger partial charge in [0.15, 0.2) is 0 Å². The van der Waals surface area contributed by atoms with Gasteiger partial charge in [0.1, 0.15) is 17.0 Å². The van der Waals surface area contributed by atoms with Gasteiger partial charge in [0.2, 0.25) is 5.43 Å². The quantitative estimate of drug-likeness (QED) is 0.692. The summed E-state index contributed by atoms with van der Waals surface area (Å²) in [5, 5.41) is 6.71. The second-order valence-corrected chi connectivity index (χ2v) is 9.35. The van der Waals surface area contributed by atoms with Crippen molar-refractivity contribution in [2.24, 2.45) is 4.99 Å². The van der Waals surface area contributed by atoms with Crippen LogP contribution >= 0.6 is 11.8 Å². The molecule has 170 valence electrons. The highest BCUT2D eigenvalue weighted by atomic mass is 35.5. The first kappa shape index (κ1) is 22.3. The molecule has 10 heteroatoms. The summed E-state index contributed by atoms with van der Waals surface area (Å²) in [7, 11) is 1.57. The third-order valence-electron chi connectivity index (χ3n) is 5.29.